The van der Waals surface area contributed by atoms with Gasteiger partial charge >= 0.3 is 0 Å². The second kappa shape index (κ2) is 12.4. The van der Waals surface area contributed by atoms with E-state index in [-0.39, 0.29) is 31.5 Å². The second-order valence-electron chi connectivity index (χ2n) is 4.87. The molecule has 0 aliphatic carbocycles. The molecule has 0 fully saturated rings. The zero-order valence-electron chi connectivity index (χ0n) is 14.0. The maximum atomic E-state index is 11.3. The molecule has 0 bridgehead atoms. The van der Waals surface area contributed by atoms with Crippen molar-refractivity contribution in [3.63, 3.8) is 0 Å². The number of aromatic nitrogens is 2. The predicted molar refractivity (Wildman–Crippen MR) is 113 cm³/mol. The summed E-state index contributed by atoms with van der Waals surface area (Å²) in [6.07, 6.45) is 3.78. The summed E-state index contributed by atoms with van der Waals surface area (Å²) < 4.78 is 0. The third kappa shape index (κ3) is 6.75. The third-order valence-corrected chi connectivity index (χ3v) is 4.68. The minimum atomic E-state index is -0.304. The molecule has 6 nitrogen and oxygen atoms in total. The molecule has 0 amide bonds. The van der Waals surface area contributed by atoms with Crippen molar-refractivity contribution < 1.29 is 0 Å². The molecule has 4 N–H and O–H groups in total. The Labute approximate surface area is 163 Å². The van der Waals surface area contributed by atoms with Crippen molar-refractivity contribution >= 4 is 23.5 Å². The Bertz CT molecular complexity index is 867. The Morgan fingerprint density at radius 3 is 1.88 bits per heavy atom. The number of hydrogen-bond acceptors (Lipinski definition) is 6. The smallest absolute Gasteiger partial charge is 0.267 e. The molecule has 2 heterocycles. The van der Waals surface area contributed by atoms with Crippen LogP contribution in [-0.2, 0) is 6.54 Å². The molecule has 0 atom stereocenters. The molecule has 0 saturated heterocycles. The number of nitrogens with one attached hydrogen (secondary N) is 2. The third-order valence-electron chi connectivity index (χ3n) is 3.12. The first kappa shape index (κ1) is 26.3. The predicted octanol–water partition coefficient (Wildman–Crippen LogP) is 3.41. The van der Waals surface area contributed by atoms with Crippen LogP contribution in [0.3, 0.4) is 0 Å². The van der Waals surface area contributed by atoms with Gasteiger partial charge in [0, 0.05) is 33.3 Å². The first-order valence-corrected chi connectivity index (χ1v) is 9.47. The molecule has 2 aromatic rings. The molecule has 0 saturated carbocycles. The number of aryl methyl sites for hydroxylation is 2. The number of nitrogens with zero attached hydrogens (tertiary/aromatic N) is 1. The summed E-state index contributed by atoms with van der Waals surface area (Å²) in [5.74, 6) is 0. The Hall–Kier alpha value is -1.95. The normalized spacial score (nSPS) is 9.08. The number of thioether (sulfide) groups is 2. The van der Waals surface area contributed by atoms with Gasteiger partial charge in [0.15, 0.2) is 0 Å². The van der Waals surface area contributed by atoms with Gasteiger partial charge in [-0.2, -0.15) is 5.26 Å². The van der Waals surface area contributed by atoms with Crippen molar-refractivity contribution in [2.75, 3.05) is 12.5 Å². The topological polar surface area (TPSA) is 116 Å². The first-order chi connectivity index (χ1) is 11.4. The summed E-state index contributed by atoms with van der Waals surface area (Å²) in [5, 5.41) is 8.64. The second-order valence-corrected chi connectivity index (χ2v) is 6.57. The van der Waals surface area contributed by atoms with Gasteiger partial charge in [0.1, 0.15) is 11.6 Å². The van der Waals surface area contributed by atoms with Gasteiger partial charge in [0.25, 0.3) is 11.1 Å². The van der Waals surface area contributed by atoms with Crippen LogP contribution in [-0.4, -0.2) is 22.5 Å². The lowest BCUT2D eigenvalue weighted by molar-refractivity contribution is 0.951. The lowest BCUT2D eigenvalue weighted by atomic mass is 10.2. The van der Waals surface area contributed by atoms with Crippen LogP contribution < -0.4 is 16.9 Å². The first-order valence-electron chi connectivity index (χ1n) is 7.02. The van der Waals surface area contributed by atoms with Crippen molar-refractivity contribution in [3.8, 4) is 6.07 Å². The van der Waals surface area contributed by atoms with Gasteiger partial charge in [0.2, 0.25) is 0 Å². The molecule has 0 unspecified atom stereocenters. The molecule has 144 valence electrons. The Morgan fingerprint density at radius 2 is 1.46 bits per heavy atom. The zero-order chi connectivity index (χ0) is 18.3. The lowest BCUT2D eigenvalue weighted by Crippen LogP contribution is -2.17. The molecular weight excluding hydrogens is 368 g/mol. The summed E-state index contributed by atoms with van der Waals surface area (Å²) in [7, 11) is 0. The number of H-pyrrole nitrogens is 2. The maximum absolute atomic E-state index is 11.3. The van der Waals surface area contributed by atoms with Crippen molar-refractivity contribution in [3.05, 3.63) is 55.4 Å². The minimum absolute atomic E-state index is 0. The van der Waals surface area contributed by atoms with Gasteiger partial charge in [-0.15, -0.1) is 23.5 Å². The van der Waals surface area contributed by atoms with Crippen LogP contribution >= 0.6 is 23.5 Å². The van der Waals surface area contributed by atoms with E-state index in [0.717, 1.165) is 21.2 Å². The van der Waals surface area contributed by atoms with E-state index in [2.05, 4.69) is 9.97 Å². The van der Waals surface area contributed by atoms with Crippen LogP contribution in [0.4, 0.5) is 0 Å². The van der Waals surface area contributed by atoms with Gasteiger partial charge in [-0.1, -0.05) is 14.9 Å². The molecule has 8 heteroatoms. The van der Waals surface area contributed by atoms with E-state index in [4.69, 9.17) is 11.0 Å². The number of nitriles is 1. The minimum Gasteiger partial charge on any atom is -0.326 e. The van der Waals surface area contributed by atoms with E-state index >= 15 is 0 Å². The number of pyridine rings is 2. The fourth-order valence-electron chi connectivity index (χ4n) is 1.99. The largest absolute Gasteiger partial charge is 0.326 e. The van der Waals surface area contributed by atoms with E-state index in [1.807, 2.05) is 31.6 Å². The van der Waals surface area contributed by atoms with E-state index in [1.54, 1.807) is 24.8 Å². The Morgan fingerprint density at radius 1 is 1.00 bits per heavy atom. The number of aromatic amines is 2. The zero-order valence-corrected chi connectivity index (χ0v) is 15.7. The quantitative estimate of drug-likeness (QED) is 0.685. The van der Waals surface area contributed by atoms with E-state index in [1.165, 1.54) is 11.8 Å². The molecule has 0 aliphatic rings. The summed E-state index contributed by atoms with van der Waals surface area (Å²) in [4.78, 5) is 29.5. The Balaban J connectivity index is 0. The molecule has 0 aliphatic heterocycles. The van der Waals surface area contributed by atoms with Crippen LogP contribution in [0.1, 0.15) is 37.4 Å². The average molecular weight is 397 g/mol. The van der Waals surface area contributed by atoms with Crippen molar-refractivity contribution in [2.24, 2.45) is 5.73 Å². The fourth-order valence-corrected chi connectivity index (χ4v) is 3.34. The summed E-state index contributed by atoms with van der Waals surface area (Å²) >= 11 is 2.95. The highest BCUT2D eigenvalue weighted by molar-refractivity contribution is 7.98. The number of hydrogen-bond donors (Lipinski definition) is 3. The monoisotopic (exact) mass is 396 g/mol. The molecule has 2 aromatic heterocycles. The van der Waals surface area contributed by atoms with Crippen LogP contribution in [0.25, 0.3) is 0 Å². The van der Waals surface area contributed by atoms with Gasteiger partial charge < -0.3 is 15.7 Å². The van der Waals surface area contributed by atoms with Gasteiger partial charge in [0.05, 0.1) is 0 Å². The molecule has 0 radical (unpaired) electrons. The van der Waals surface area contributed by atoms with Crippen LogP contribution in [0.2, 0.25) is 0 Å². The highest BCUT2D eigenvalue weighted by Gasteiger charge is 2.06. The fraction of sp³-hybridized carbons (Fsp3) is 0.389. The standard InChI is InChI=1S/C8H12N2OS.C8H8N2OS.2CH4/c2*1-5-3-7(12-2)6(4-9)8(11)10-5;;/h3H,4,9H2,1-2H3,(H,10,11);3H,1-2H3,(H,10,11);2*1H4. The molecular formula is C18H28N4O2S2. The molecule has 0 aromatic carbocycles. The van der Waals surface area contributed by atoms with Gasteiger partial charge in [-0.05, 0) is 38.5 Å². The van der Waals surface area contributed by atoms with Crippen molar-refractivity contribution in [2.45, 2.75) is 45.0 Å². The summed E-state index contributed by atoms with van der Waals surface area (Å²) in [5.41, 5.74) is 7.61. The van der Waals surface area contributed by atoms with Gasteiger partial charge in [-0.3, -0.25) is 9.59 Å². The Kier molecular flexibility index (Phi) is 12.5. The number of nitrogens with two attached hydrogens (primary N) is 1. The molecule has 26 heavy (non-hydrogen) atoms. The van der Waals surface area contributed by atoms with E-state index in [0.29, 0.717) is 12.1 Å². The maximum Gasteiger partial charge on any atom is 0.267 e. The summed E-state index contributed by atoms with van der Waals surface area (Å²) in [6, 6.07) is 5.61. The number of rotatable bonds is 3. The highest BCUT2D eigenvalue weighted by Crippen LogP contribution is 2.17. The average Bonchev–Trinajstić information content (AvgIpc) is 2.54. The SMILES string of the molecule is C.C.CSc1cc(C)[nH]c(=O)c1C#N.CSc1cc(C)[nH]c(=O)c1CN. The van der Waals surface area contributed by atoms with Gasteiger partial charge in [-0.25, -0.2) is 0 Å². The van der Waals surface area contributed by atoms with Crippen LogP contribution in [0.15, 0.2) is 31.5 Å². The van der Waals surface area contributed by atoms with Crippen molar-refractivity contribution in [1.82, 2.24) is 9.97 Å². The molecule has 2 rings (SSSR count). The summed E-state index contributed by atoms with van der Waals surface area (Å²) in [6.45, 7) is 3.95. The van der Waals surface area contributed by atoms with E-state index < -0.39 is 0 Å². The van der Waals surface area contributed by atoms with E-state index in [9.17, 15) is 9.59 Å². The highest BCUT2D eigenvalue weighted by atomic mass is 32.2. The molecule has 0 spiro atoms. The van der Waals surface area contributed by atoms with Crippen LogP contribution in [0.5, 0.6) is 0 Å². The van der Waals surface area contributed by atoms with Crippen LogP contribution in [0, 0.1) is 25.2 Å². The van der Waals surface area contributed by atoms with Crippen molar-refractivity contribution in [1.29, 1.82) is 5.26 Å². The lowest BCUT2D eigenvalue weighted by Gasteiger charge is -2.04.